The van der Waals surface area contributed by atoms with Gasteiger partial charge >= 0.3 is 0 Å². The number of nitrogens with one attached hydrogen (secondary N) is 1. The number of carbonyl (C=O) groups is 1. The number of hydrogen-bond donors (Lipinski definition) is 2. The summed E-state index contributed by atoms with van der Waals surface area (Å²) in [4.78, 5) is 15.0. The smallest absolute Gasteiger partial charge is 0.256 e. The molecule has 2 rings (SSSR count). The number of nitrogen functional groups attached to an aromatic ring is 1. The molecule has 4 nitrogen and oxygen atoms in total. The molecule has 2 aromatic rings. The van der Waals surface area contributed by atoms with Crippen molar-refractivity contribution in [2.24, 2.45) is 5.84 Å². The van der Waals surface area contributed by atoms with E-state index >= 15 is 0 Å². The zero-order chi connectivity index (χ0) is 14.7. The van der Waals surface area contributed by atoms with Crippen LogP contribution >= 0.6 is 34.5 Å². The fourth-order valence-corrected chi connectivity index (χ4v) is 3.08. The normalized spacial score (nSPS) is 10.4. The Kier molecular flexibility index (Phi) is 4.88. The first-order valence-corrected chi connectivity index (χ1v) is 7.34. The van der Waals surface area contributed by atoms with Gasteiger partial charge in [0.2, 0.25) is 0 Å². The molecule has 0 saturated carbocycles. The highest BCUT2D eigenvalue weighted by molar-refractivity contribution is 7.16. The number of benzene rings is 1. The summed E-state index contributed by atoms with van der Waals surface area (Å²) in [6.07, 6.45) is 0. The average Bonchev–Trinajstić information content (AvgIpc) is 2.83. The zero-order valence-electron chi connectivity index (χ0n) is 10.7. The molecule has 1 aromatic carbocycles. The molecule has 0 aliphatic rings. The molecule has 7 heteroatoms. The Morgan fingerprint density at radius 1 is 1.35 bits per heavy atom. The van der Waals surface area contributed by atoms with E-state index in [9.17, 15) is 4.79 Å². The van der Waals surface area contributed by atoms with Crippen LogP contribution in [0.3, 0.4) is 0 Å². The average molecular weight is 330 g/mol. The number of anilines is 1. The summed E-state index contributed by atoms with van der Waals surface area (Å²) in [5.41, 5.74) is 3.47. The van der Waals surface area contributed by atoms with Crippen LogP contribution < -0.4 is 11.3 Å². The Balaban J connectivity index is 2.20. The molecule has 1 amide bonds. The highest BCUT2D eigenvalue weighted by atomic mass is 35.5. The molecule has 0 saturated heterocycles. The van der Waals surface area contributed by atoms with Crippen molar-refractivity contribution >= 4 is 46.1 Å². The number of thiophene rings is 1. The van der Waals surface area contributed by atoms with Gasteiger partial charge in [0, 0.05) is 16.9 Å². The fourth-order valence-electron chi connectivity index (χ4n) is 1.77. The Labute approximate surface area is 131 Å². The molecular formula is C13H13Cl2N3OS. The predicted molar refractivity (Wildman–Crippen MR) is 84.4 cm³/mol. The van der Waals surface area contributed by atoms with Gasteiger partial charge in [0.05, 0.1) is 22.1 Å². The molecule has 0 spiro atoms. The van der Waals surface area contributed by atoms with Crippen molar-refractivity contribution in [2.75, 3.05) is 12.5 Å². The number of hydrogen-bond acceptors (Lipinski definition) is 4. The Bertz CT molecular complexity index is 630. The van der Waals surface area contributed by atoms with Crippen LogP contribution in [-0.4, -0.2) is 17.9 Å². The lowest BCUT2D eigenvalue weighted by Gasteiger charge is -2.18. The van der Waals surface area contributed by atoms with E-state index in [2.05, 4.69) is 5.43 Å². The quantitative estimate of drug-likeness (QED) is 0.665. The van der Waals surface area contributed by atoms with Gasteiger partial charge in [-0.2, -0.15) is 0 Å². The highest BCUT2D eigenvalue weighted by Gasteiger charge is 2.17. The van der Waals surface area contributed by atoms with Gasteiger partial charge in [0.15, 0.2) is 0 Å². The van der Waals surface area contributed by atoms with E-state index in [-0.39, 0.29) is 5.91 Å². The van der Waals surface area contributed by atoms with Crippen molar-refractivity contribution in [3.05, 3.63) is 50.1 Å². The van der Waals surface area contributed by atoms with Crippen molar-refractivity contribution < 1.29 is 4.79 Å². The van der Waals surface area contributed by atoms with Gasteiger partial charge < -0.3 is 10.3 Å². The van der Waals surface area contributed by atoms with Gasteiger partial charge in [-0.15, -0.1) is 11.3 Å². The van der Waals surface area contributed by atoms with Crippen molar-refractivity contribution in [2.45, 2.75) is 6.54 Å². The van der Waals surface area contributed by atoms with Gasteiger partial charge in [-0.25, -0.2) is 0 Å². The number of amides is 1. The third-order valence-corrected chi connectivity index (χ3v) is 4.19. The summed E-state index contributed by atoms with van der Waals surface area (Å²) < 4.78 is 0.702. The lowest BCUT2D eigenvalue weighted by atomic mass is 10.1. The summed E-state index contributed by atoms with van der Waals surface area (Å²) >= 11 is 13.3. The predicted octanol–water partition coefficient (Wildman–Crippen LogP) is 3.61. The van der Waals surface area contributed by atoms with Crippen LogP contribution in [0.2, 0.25) is 9.36 Å². The maximum atomic E-state index is 12.4. The summed E-state index contributed by atoms with van der Waals surface area (Å²) in [5.74, 6) is 5.25. The summed E-state index contributed by atoms with van der Waals surface area (Å²) in [7, 11) is 1.72. The minimum Gasteiger partial charge on any atom is -0.336 e. The zero-order valence-corrected chi connectivity index (χ0v) is 13.0. The second kappa shape index (κ2) is 6.45. The number of nitrogens with zero attached hydrogens (tertiary/aromatic N) is 1. The van der Waals surface area contributed by atoms with Crippen molar-refractivity contribution in [1.82, 2.24) is 4.90 Å². The minimum atomic E-state index is -0.162. The number of halogens is 2. The SMILES string of the molecule is CN(Cc1ccc(Cl)s1)C(=O)c1cc(Cl)ccc1NN. The van der Waals surface area contributed by atoms with Gasteiger partial charge in [-0.05, 0) is 30.3 Å². The van der Waals surface area contributed by atoms with Crippen molar-refractivity contribution in [1.29, 1.82) is 0 Å². The van der Waals surface area contributed by atoms with E-state index in [4.69, 9.17) is 29.0 Å². The van der Waals surface area contributed by atoms with E-state index < -0.39 is 0 Å². The van der Waals surface area contributed by atoms with Crippen LogP contribution in [0.5, 0.6) is 0 Å². The molecule has 0 radical (unpaired) electrons. The van der Waals surface area contributed by atoms with Gasteiger partial charge in [-0.3, -0.25) is 10.6 Å². The molecule has 1 heterocycles. The number of rotatable bonds is 4. The number of carbonyl (C=O) groups excluding carboxylic acids is 1. The van der Waals surface area contributed by atoms with Crippen molar-refractivity contribution in [3.8, 4) is 0 Å². The van der Waals surface area contributed by atoms with Crippen LogP contribution in [0.15, 0.2) is 30.3 Å². The minimum absolute atomic E-state index is 0.162. The van der Waals surface area contributed by atoms with Crippen molar-refractivity contribution in [3.63, 3.8) is 0 Å². The molecule has 0 aliphatic carbocycles. The first-order valence-electron chi connectivity index (χ1n) is 5.77. The van der Waals surface area contributed by atoms with E-state index in [0.717, 1.165) is 4.88 Å². The first-order chi connectivity index (χ1) is 9.51. The van der Waals surface area contributed by atoms with E-state index in [1.54, 1.807) is 30.1 Å². The molecule has 0 unspecified atom stereocenters. The molecule has 3 N–H and O–H groups in total. The van der Waals surface area contributed by atoms with Crippen LogP contribution in [0.25, 0.3) is 0 Å². The number of nitrogens with two attached hydrogens (primary N) is 1. The van der Waals surface area contributed by atoms with E-state index in [1.165, 1.54) is 11.3 Å². The Morgan fingerprint density at radius 3 is 2.70 bits per heavy atom. The largest absolute Gasteiger partial charge is 0.336 e. The second-order valence-electron chi connectivity index (χ2n) is 4.20. The van der Waals surface area contributed by atoms with Crippen LogP contribution in [0.4, 0.5) is 5.69 Å². The summed E-state index contributed by atoms with van der Waals surface area (Å²) in [5, 5.41) is 0.486. The second-order valence-corrected chi connectivity index (χ2v) is 6.44. The third kappa shape index (κ3) is 3.43. The molecule has 0 fully saturated rings. The molecule has 0 bridgehead atoms. The molecule has 0 aliphatic heterocycles. The van der Waals surface area contributed by atoms with Crippen LogP contribution in [0, 0.1) is 0 Å². The molecule has 1 aromatic heterocycles. The van der Waals surface area contributed by atoms with Gasteiger partial charge in [0.25, 0.3) is 5.91 Å². The third-order valence-electron chi connectivity index (χ3n) is 2.74. The standard InChI is InChI=1S/C13H13Cl2N3OS/c1-18(7-9-3-5-12(15)20-9)13(19)10-6-8(14)2-4-11(10)17-16/h2-6,17H,7,16H2,1H3. The van der Waals surface area contributed by atoms with E-state index in [1.807, 2.05) is 12.1 Å². The molecule has 0 atom stereocenters. The fraction of sp³-hybridized carbons (Fsp3) is 0.154. The summed E-state index contributed by atoms with van der Waals surface area (Å²) in [6, 6.07) is 8.65. The lowest BCUT2D eigenvalue weighted by molar-refractivity contribution is 0.0787. The summed E-state index contributed by atoms with van der Waals surface area (Å²) in [6.45, 7) is 0.479. The maximum Gasteiger partial charge on any atom is 0.256 e. The van der Waals surface area contributed by atoms with Gasteiger partial charge in [0.1, 0.15) is 0 Å². The molecule has 20 heavy (non-hydrogen) atoms. The highest BCUT2D eigenvalue weighted by Crippen LogP contribution is 2.25. The van der Waals surface area contributed by atoms with E-state index in [0.29, 0.717) is 27.2 Å². The first kappa shape index (κ1) is 15.1. The lowest BCUT2D eigenvalue weighted by Crippen LogP contribution is -2.27. The Morgan fingerprint density at radius 2 is 2.10 bits per heavy atom. The molecular weight excluding hydrogens is 317 g/mol. The maximum absolute atomic E-state index is 12.4. The van der Waals surface area contributed by atoms with Crippen LogP contribution in [-0.2, 0) is 6.54 Å². The molecule has 106 valence electrons. The topological polar surface area (TPSA) is 58.4 Å². The Hall–Kier alpha value is -1.27. The monoisotopic (exact) mass is 329 g/mol. The number of hydrazine groups is 1. The van der Waals surface area contributed by atoms with Crippen LogP contribution in [0.1, 0.15) is 15.2 Å². The van der Waals surface area contributed by atoms with Gasteiger partial charge in [-0.1, -0.05) is 23.2 Å².